The van der Waals surface area contributed by atoms with E-state index in [1.165, 1.54) is 11.3 Å². The third kappa shape index (κ3) is 3.00. The Kier molecular flexibility index (Phi) is 4.06. The number of furan rings is 1. The first-order chi connectivity index (χ1) is 8.08. The lowest BCUT2D eigenvalue weighted by atomic mass is 10.2. The number of nitrogens with one attached hydrogen (secondary N) is 1. The Balaban J connectivity index is 2.07. The topological polar surface area (TPSA) is 42.2 Å². The van der Waals surface area contributed by atoms with Crippen molar-refractivity contribution >= 4 is 49.1 Å². The molecule has 6 heteroatoms. The van der Waals surface area contributed by atoms with E-state index in [0.29, 0.717) is 4.88 Å². The molecule has 0 saturated carbocycles. The smallest absolute Gasteiger partial charge is 0.262 e. The van der Waals surface area contributed by atoms with Crippen LogP contribution in [0.15, 0.2) is 37.1 Å². The average molecular weight is 379 g/mol. The predicted octanol–water partition coefficient (Wildman–Crippen LogP) is 4.36. The van der Waals surface area contributed by atoms with Gasteiger partial charge in [-0.05, 0) is 57.0 Å². The van der Waals surface area contributed by atoms with Gasteiger partial charge < -0.3 is 9.73 Å². The molecular weight excluding hydrogens is 370 g/mol. The molecule has 0 radical (unpaired) electrons. The van der Waals surface area contributed by atoms with Gasteiger partial charge in [-0.25, -0.2) is 0 Å². The SMILES string of the molecule is C[C@@H](NC(=O)c1cc(Br)c(Br)s1)c1ccco1. The quantitative estimate of drug-likeness (QED) is 0.862. The van der Waals surface area contributed by atoms with E-state index in [-0.39, 0.29) is 11.9 Å². The molecule has 0 bridgehead atoms. The largest absolute Gasteiger partial charge is 0.467 e. The van der Waals surface area contributed by atoms with Crippen molar-refractivity contribution < 1.29 is 9.21 Å². The Hall–Kier alpha value is -0.590. The van der Waals surface area contributed by atoms with E-state index in [4.69, 9.17) is 4.42 Å². The molecule has 1 N–H and O–H groups in total. The zero-order valence-corrected chi connectivity index (χ0v) is 12.9. The van der Waals surface area contributed by atoms with Crippen LogP contribution in [0.25, 0.3) is 0 Å². The number of carbonyl (C=O) groups is 1. The van der Waals surface area contributed by atoms with E-state index in [9.17, 15) is 4.79 Å². The predicted molar refractivity (Wildman–Crippen MR) is 74.3 cm³/mol. The minimum atomic E-state index is -0.142. The highest BCUT2D eigenvalue weighted by molar-refractivity contribution is 9.13. The first-order valence-electron chi connectivity index (χ1n) is 4.87. The molecule has 0 aromatic carbocycles. The van der Waals surface area contributed by atoms with Crippen molar-refractivity contribution in [3.8, 4) is 0 Å². The second-order valence-electron chi connectivity index (χ2n) is 3.44. The van der Waals surface area contributed by atoms with Crippen LogP contribution in [-0.4, -0.2) is 5.91 Å². The van der Waals surface area contributed by atoms with Crippen molar-refractivity contribution in [1.29, 1.82) is 0 Å². The summed E-state index contributed by atoms with van der Waals surface area (Å²) in [6.45, 7) is 1.88. The summed E-state index contributed by atoms with van der Waals surface area (Å²) < 4.78 is 7.03. The first kappa shape index (κ1) is 12.9. The number of amides is 1. The van der Waals surface area contributed by atoms with Crippen molar-refractivity contribution in [2.24, 2.45) is 0 Å². The van der Waals surface area contributed by atoms with Gasteiger partial charge in [0.05, 0.1) is 21.0 Å². The Morgan fingerprint density at radius 2 is 2.29 bits per heavy atom. The second-order valence-corrected chi connectivity index (χ2v) is 6.67. The first-order valence-corrected chi connectivity index (χ1v) is 7.27. The molecule has 0 aliphatic carbocycles. The van der Waals surface area contributed by atoms with Gasteiger partial charge in [0.15, 0.2) is 0 Å². The summed E-state index contributed by atoms with van der Waals surface area (Å²) in [6.07, 6.45) is 1.59. The molecule has 3 nitrogen and oxygen atoms in total. The molecule has 17 heavy (non-hydrogen) atoms. The normalized spacial score (nSPS) is 12.4. The van der Waals surface area contributed by atoms with Crippen LogP contribution in [0.5, 0.6) is 0 Å². The maximum atomic E-state index is 11.9. The molecule has 0 saturated heterocycles. The van der Waals surface area contributed by atoms with Crippen LogP contribution in [0, 0.1) is 0 Å². The molecule has 2 rings (SSSR count). The van der Waals surface area contributed by atoms with Crippen molar-refractivity contribution in [2.75, 3.05) is 0 Å². The molecular formula is C11H9Br2NO2S. The van der Waals surface area contributed by atoms with Crippen LogP contribution in [-0.2, 0) is 0 Å². The van der Waals surface area contributed by atoms with Crippen LogP contribution in [0.3, 0.4) is 0 Å². The maximum Gasteiger partial charge on any atom is 0.262 e. The summed E-state index contributed by atoms with van der Waals surface area (Å²) >= 11 is 8.11. The number of hydrogen-bond donors (Lipinski definition) is 1. The fourth-order valence-electron chi connectivity index (χ4n) is 1.34. The number of rotatable bonds is 3. The summed E-state index contributed by atoms with van der Waals surface area (Å²) in [6, 6.07) is 5.29. The molecule has 1 atom stereocenters. The Morgan fingerprint density at radius 1 is 1.53 bits per heavy atom. The highest BCUT2D eigenvalue weighted by Gasteiger charge is 2.16. The zero-order valence-electron chi connectivity index (χ0n) is 8.87. The van der Waals surface area contributed by atoms with Crippen molar-refractivity contribution in [1.82, 2.24) is 5.32 Å². The van der Waals surface area contributed by atoms with Crippen LogP contribution in [0.4, 0.5) is 0 Å². The minimum absolute atomic E-state index is 0.106. The van der Waals surface area contributed by atoms with Crippen LogP contribution >= 0.6 is 43.2 Å². The lowest BCUT2D eigenvalue weighted by Gasteiger charge is -2.09. The van der Waals surface area contributed by atoms with E-state index in [1.807, 2.05) is 13.0 Å². The molecule has 0 spiro atoms. The summed E-state index contributed by atoms with van der Waals surface area (Å²) in [5.74, 6) is 0.637. The molecule has 0 unspecified atom stereocenters. The molecule has 2 heterocycles. The Morgan fingerprint density at radius 3 is 2.82 bits per heavy atom. The number of thiophene rings is 1. The standard InChI is InChI=1S/C11H9Br2NO2S/c1-6(8-3-2-4-16-8)14-11(15)9-5-7(12)10(13)17-9/h2-6H,1H3,(H,14,15)/t6-/m1/s1. The van der Waals surface area contributed by atoms with Gasteiger partial charge in [0.2, 0.25) is 0 Å². The number of halogens is 2. The van der Waals surface area contributed by atoms with Crippen LogP contribution in [0.1, 0.15) is 28.4 Å². The number of hydrogen-bond acceptors (Lipinski definition) is 3. The van der Waals surface area contributed by atoms with Gasteiger partial charge in [0.1, 0.15) is 5.76 Å². The van der Waals surface area contributed by atoms with Gasteiger partial charge in [0.25, 0.3) is 5.91 Å². The highest BCUT2D eigenvalue weighted by atomic mass is 79.9. The van der Waals surface area contributed by atoms with E-state index in [0.717, 1.165) is 14.0 Å². The third-order valence-corrected chi connectivity index (χ3v) is 5.44. The zero-order chi connectivity index (χ0) is 12.4. The van der Waals surface area contributed by atoms with Gasteiger partial charge in [-0.3, -0.25) is 4.79 Å². The lowest BCUT2D eigenvalue weighted by Crippen LogP contribution is -2.25. The Bertz CT molecular complexity index is 502. The highest BCUT2D eigenvalue weighted by Crippen LogP contribution is 2.32. The second kappa shape index (κ2) is 5.37. The lowest BCUT2D eigenvalue weighted by molar-refractivity contribution is 0.0939. The Labute approximate surface area is 119 Å². The van der Waals surface area contributed by atoms with Gasteiger partial charge in [-0.1, -0.05) is 0 Å². The average Bonchev–Trinajstić information content (AvgIpc) is 2.89. The monoisotopic (exact) mass is 377 g/mol. The summed E-state index contributed by atoms with van der Waals surface area (Å²) in [5, 5.41) is 2.88. The van der Waals surface area contributed by atoms with Crippen molar-refractivity contribution in [3.05, 3.63) is 43.4 Å². The van der Waals surface area contributed by atoms with Gasteiger partial charge in [-0.15, -0.1) is 11.3 Å². The summed E-state index contributed by atoms with van der Waals surface area (Å²) in [7, 11) is 0. The molecule has 90 valence electrons. The van der Waals surface area contributed by atoms with Crippen molar-refractivity contribution in [2.45, 2.75) is 13.0 Å². The van der Waals surface area contributed by atoms with E-state index in [1.54, 1.807) is 18.4 Å². The molecule has 0 aliphatic heterocycles. The van der Waals surface area contributed by atoms with Crippen LogP contribution < -0.4 is 5.32 Å². The minimum Gasteiger partial charge on any atom is -0.467 e. The molecule has 2 aromatic heterocycles. The molecule has 0 fully saturated rings. The fraction of sp³-hybridized carbons (Fsp3) is 0.182. The van der Waals surface area contributed by atoms with E-state index in [2.05, 4.69) is 37.2 Å². The summed E-state index contributed by atoms with van der Waals surface area (Å²) in [4.78, 5) is 12.6. The van der Waals surface area contributed by atoms with Gasteiger partial charge >= 0.3 is 0 Å². The molecule has 1 amide bonds. The van der Waals surface area contributed by atoms with E-state index < -0.39 is 0 Å². The van der Waals surface area contributed by atoms with Crippen molar-refractivity contribution in [3.63, 3.8) is 0 Å². The fourth-order valence-corrected chi connectivity index (χ4v) is 3.27. The maximum absolute atomic E-state index is 11.9. The third-order valence-electron chi connectivity index (χ3n) is 2.19. The molecule has 2 aromatic rings. The number of carbonyl (C=O) groups excluding carboxylic acids is 1. The molecule has 0 aliphatic rings. The van der Waals surface area contributed by atoms with Gasteiger partial charge in [0, 0.05) is 4.47 Å². The van der Waals surface area contributed by atoms with Gasteiger partial charge in [-0.2, -0.15) is 0 Å². The van der Waals surface area contributed by atoms with E-state index >= 15 is 0 Å². The van der Waals surface area contributed by atoms with Crippen LogP contribution in [0.2, 0.25) is 0 Å². The summed E-state index contributed by atoms with van der Waals surface area (Å²) in [5.41, 5.74) is 0.